The Balaban J connectivity index is 1.62. The molecular weight excluding hydrogens is 310 g/mol. The summed E-state index contributed by atoms with van der Waals surface area (Å²) >= 11 is 0. The third-order valence-electron chi connectivity index (χ3n) is 3.63. The van der Waals surface area contributed by atoms with Crippen molar-refractivity contribution < 1.29 is 23.5 Å². The van der Waals surface area contributed by atoms with Crippen LogP contribution in [0.2, 0.25) is 0 Å². The summed E-state index contributed by atoms with van der Waals surface area (Å²) in [6, 6.07) is 15.3. The molecule has 6 nitrogen and oxygen atoms in total. The summed E-state index contributed by atoms with van der Waals surface area (Å²) in [4.78, 5) is 23.2. The number of rotatable bonds is 3. The predicted molar refractivity (Wildman–Crippen MR) is 87.3 cm³/mol. The fourth-order valence-electron chi connectivity index (χ4n) is 2.51. The van der Waals surface area contributed by atoms with E-state index in [1.807, 2.05) is 18.2 Å². The number of carboxylic acids is 1. The lowest BCUT2D eigenvalue weighted by molar-refractivity contribution is 0.0665. The van der Waals surface area contributed by atoms with Crippen molar-refractivity contribution >= 4 is 39.5 Å². The first-order chi connectivity index (χ1) is 11.6. The first-order valence-electron chi connectivity index (χ1n) is 7.17. The standard InChI is InChI=1S/C18H11NO5/c20-17(15-8-10-3-1-2-4-13(10)23-15)19-12-5-6-14-11(7-12)9-16(24-14)18(21)22/h1-9H,(H,19,20)(H,21,22). The minimum atomic E-state index is -1.14. The minimum absolute atomic E-state index is 0.147. The lowest BCUT2D eigenvalue weighted by atomic mass is 10.2. The van der Waals surface area contributed by atoms with Gasteiger partial charge in [-0.2, -0.15) is 0 Å². The molecule has 0 aliphatic heterocycles. The first-order valence-corrected chi connectivity index (χ1v) is 7.17. The number of hydrogen-bond donors (Lipinski definition) is 2. The molecule has 0 saturated carbocycles. The Labute approximate surface area is 135 Å². The average Bonchev–Trinajstić information content (AvgIpc) is 3.18. The third-order valence-corrected chi connectivity index (χ3v) is 3.63. The number of furan rings is 2. The zero-order chi connectivity index (χ0) is 16.7. The largest absolute Gasteiger partial charge is 0.475 e. The van der Waals surface area contributed by atoms with Gasteiger partial charge in [-0.05, 0) is 36.4 Å². The number of carbonyl (C=O) groups excluding carboxylic acids is 1. The maximum absolute atomic E-state index is 12.3. The van der Waals surface area contributed by atoms with Crippen LogP contribution < -0.4 is 5.32 Å². The van der Waals surface area contributed by atoms with Crippen molar-refractivity contribution in [3.63, 3.8) is 0 Å². The van der Waals surface area contributed by atoms with Crippen LogP contribution in [0.25, 0.3) is 21.9 Å². The molecule has 0 aliphatic carbocycles. The highest BCUT2D eigenvalue weighted by Crippen LogP contribution is 2.24. The van der Waals surface area contributed by atoms with Crippen LogP contribution in [0.4, 0.5) is 5.69 Å². The van der Waals surface area contributed by atoms with Gasteiger partial charge < -0.3 is 19.3 Å². The smallest absolute Gasteiger partial charge is 0.371 e. The molecule has 2 N–H and O–H groups in total. The van der Waals surface area contributed by atoms with E-state index >= 15 is 0 Å². The van der Waals surface area contributed by atoms with Gasteiger partial charge in [0.15, 0.2) is 5.76 Å². The minimum Gasteiger partial charge on any atom is -0.475 e. The monoisotopic (exact) mass is 321 g/mol. The zero-order valence-electron chi connectivity index (χ0n) is 12.3. The molecule has 24 heavy (non-hydrogen) atoms. The van der Waals surface area contributed by atoms with Crippen LogP contribution in [0.5, 0.6) is 0 Å². The zero-order valence-corrected chi connectivity index (χ0v) is 12.3. The van der Waals surface area contributed by atoms with E-state index in [-0.39, 0.29) is 17.4 Å². The molecule has 118 valence electrons. The summed E-state index contributed by atoms with van der Waals surface area (Å²) in [6.07, 6.45) is 0. The molecule has 0 unspecified atom stereocenters. The van der Waals surface area contributed by atoms with Crippen molar-refractivity contribution in [3.8, 4) is 0 Å². The summed E-state index contributed by atoms with van der Waals surface area (Å²) in [5.74, 6) is -1.47. The van der Waals surface area contributed by atoms with Crippen LogP contribution in [0, 0.1) is 0 Å². The highest BCUT2D eigenvalue weighted by Gasteiger charge is 2.14. The van der Waals surface area contributed by atoms with Gasteiger partial charge in [0.25, 0.3) is 5.91 Å². The molecule has 0 spiro atoms. The molecule has 2 heterocycles. The van der Waals surface area contributed by atoms with E-state index in [1.165, 1.54) is 6.07 Å². The Morgan fingerprint density at radius 2 is 1.54 bits per heavy atom. The Hall–Kier alpha value is -3.54. The highest BCUT2D eigenvalue weighted by atomic mass is 16.4. The topological polar surface area (TPSA) is 92.7 Å². The van der Waals surface area contributed by atoms with Crippen molar-refractivity contribution in [3.05, 3.63) is 66.1 Å². The Morgan fingerprint density at radius 3 is 2.33 bits per heavy atom. The summed E-state index contributed by atoms with van der Waals surface area (Å²) in [5, 5.41) is 13.1. The number of carbonyl (C=O) groups is 2. The van der Waals surface area contributed by atoms with Crippen molar-refractivity contribution in [2.24, 2.45) is 0 Å². The average molecular weight is 321 g/mol. The third kappa shape index (κ3) is 2.40. The van der Waals surface area contributed by atoms with Crippen LogP contribution in [0.1, 0.15) is 21.1 Å². The molecule has 0 bridgehead atoms. The van der Waals surface area contributed by atoms with E-state index in [1.54, 1.807) is 30.3 Å². The number of para-hydroxylation sites is 1. The van der Waals surface area contributed by atoms with Gasteiger partial charge in [0.1, 0.15) is 11.2 Å². The lowest BCUT2D eigenvalue weighted by Gasteiger charge is -2.02. The van der Waals surface area contributed by atoms with E-state index in [4.69, 9.17) is 13.9 Å². The summed E-state index contributed by atoms with van der Waals surface area (Å²) in [6.45, 7) is 0. The molecule has 4 rings (SSSR count). The molecule has 0 aliphatic rings. The maximum Gasteiger partial charge on any atom is 0.371 e. The molecule has 0 fully saturated rings. The van der Waals surface area contributed by atoms with Crippen molar-refractivity contribution in [2.45, 2.75) is 0 Å². The van der Waals surface area contributed by atoms with Crippen LogP contribution in [0.3, 0.4) is 0 Å². The first kappa shape index (κ1) is 14.1. The number of hydrogen-bond acceptors (Lipinski definition) is 4. The number of nitrogens with one attached hydrogen (secondary N) is 1. The second-order valence-corrected chi connectivity index (χ2v) is 5.27. The molecule has 6 heteroatoms. The molecule has 2 aromatic heterocycles. The summed E-state index contributed by atoms with van der Waals surface area (Å²) < 4.78 is 10.7. The number of fused-ring (bicyclic) bond motifs is 2. The van der Waals surface area contributed by atoms with Gasteiger partial charge in [0, 0.05) is 16.5 Å². The second-order valence-electron chi connectivity index (χ2n) is 5.27. The number of aromatic carboxylic acids is 1. The van der Waals surface area contributed by atoms with Crippen LogP contribution in [-0.2, 0) is 0 Å². The fourth-order valence-corrected chi connectivity index (χ4v) is 2.51. The van der Waals surface area contributed by atoms with Crippen molar-refractivity contribution in [2.75, 3.05) is 5.32 Å². The highest BCUT2D eigenvalue weighted by molar-refractivity contribution is 6.05. The summed E-state index contributed by atoms with van der Waals surface area (Å²) in [7, 11) is 0. The van der Waals surface area contributed by atoms with Gasteiger partial charge in [-0.25, -0.2) is 4.79 Å². The van der Waals surface area contributed by atoms with Gasteiger partial charge in [-0.1, -0.05) is 18.2 Å². The van der Waals surface area contributed by atoms with Crippen LogP contribution in [0.15, 0.2) is 63.4 Å². The molecule has 0 saturated heterocycles. The fraction of sp³-hybridized carbons (Fsp3) is 0. The van der Waals surface area contributed by atoms with Gasteiger partial charge in [0.2, 0.25) is 5.76 Å². The molecule has 1 amide bonds. The molecule has 0 atom stereocenters. The Morgan fingerprint density at radius 1 is 0.833 bits per heavy atom. The van der Waals surface area contributed by atoms with E-state index < -0.39 is 5.97 Å². The number of anilines is 1. The predicted octanol–water partition coefficient (Wildman–Crippen LogP) is 4.13. The van der Waals surface area contributed by atoms with Crippen LogP contribution in [-0.4, -0.2) is 17.0 Å². The number of amides is 1. The number of carboxylic acid groups (broad SMARTS) is 1. The van der Waals surface area contributed by atoms with Gasteiger partial charge in [-0.15, -0.1) is 0 Å². The van der Waals surface area contributed by atoms with E-state index in [9.17, 15) is 9.59 Å². The Bertz CT molecular complexity index is 1060. The molecule has 2 aromatic carbocycles. The van der Waals surface area contributed by atoms with Gasteiger partial charge in [0.05, 0.1) is 0 Å². The molecule has 0 radical (unpaired) electrons. The molecule has 4 aromatic rings. The molecular formula is C18H11NO5. The Kier molecular flexibility index (Phi) is 3.09. The van der Waals surface area contributed by atoms with Crippen molar-refractivity contribution in [1.82, 2.24) is 0 Å². The van der Waals surface area contributed by atoms with Crippen molar-refractivity contribution in [1.29, 1.82) is 0 Å². The lowest BCUT2D eigenvalue weighted by Crippen LogP contribution is -2.10. The normalized spacial score (nSPS) is 11.0. The maximum atomic E-state index is 12.3. The number of benzene rings is 2. The SMILES string of the molecule is O=C(O)c1cc2cc(NC(=O)c3cc4ccccc4o3)ccc2o1. The van der Waals surface area contributed by atoms with Crippen LogP contribution >= 0.6 is 0 Å². The van der Waals surface area contributed by atoms with Gasteiger partial charge >= 0.3 is 5.97 Å². The van der Waals surface area contributed by atoms with E-state index in [0.29, 0.717) is 22.2 Å². The van der Waals surface area contributed by atoms with Gasteiger partial charge in [-0.3, -0.25) is 4.79 Å². The van der Waals surface area contributed by atoms with E-state index in [2.05, 4.69) is 5.32 Å². The quantitative estimate of drug-likeness (QED) is 0.592. The van der Waals surface area contributed by atoms with E-state index in [0.717, 1.165) is 5.39 Å². The summed E-state index contributed by atoms with van der Waals surface area (Å²) in [5.41, 5.74) is 1.60. The second kappa shape index (κ2) is 5.27.